The molecular weight excluding hydrogens is 1040 g/mol. The monoisotopic (exact) mass is 1100 g/mol. The third-order valence-electron chi connectivity index (χ3n) is 15.4. The largest absolute Gasteiger partial charge is 0.489 e. The van der Waals surface area contributed by atoms with E-state index in [-0.39, 0.29) is 30.7 Å². The number of rotatable bonds is 19. The highest BCUT2D eigenvalue weighted by atomic mass is 19.1. The molecule has 0 atom stereocenters. The lowest BCUT2D eigenvalue weighted by atomic mass is 9.79. The maximum atomic E-state index is 16.0. The highest BCUT2D eigenvalue weighted by molar-refractivity contribution is 6.05. The van der Waals surface area contributed by atoms with Gasteiger partial charge in [0.25, 0.3) is 0 Å². The first kappa shape index (κ1) is 54.4. The van der Waals surface area contributed by atoms with Crippen LogP contribution in [0.3, 0.4) is 0 Å². The van der Waals surface area contributed by atoms with Gasteiger partial charge in [0.2, 0.25) is 0 Å². The molecule has 12 aromatic rings. The van der Waals surface area contributed by atoms with Crippen molar-refractivity contribution in [2.24, 2.45) is 0 Å². The average molecular weight is 1100 g/mol. The molecule has 12 rings (SSSR count). The maximum absolute atomic E-state index is 16.0. The smallest absolute Gasteiger partial charge is 0.136 e. The third-order valence-corrected chi connectivity index (χ3v) is 15.4. The first-order valence-corrected chi connectivity index (χ1v) is 28.3. The Balaban J connectivity index is 1.14. The van der Waals surface area contributed by atoms with Crippen molar-refractivity contribution in [3.63, 3.8) is 0 Å². The van der Waals surface area contributed by atoms with Crippen LogP contribution >= 0.6 is 0 Å². The zero-order valence-electron chi connectivity index (χ0n) is 46.5. The average Bonchev–Trinajstić information content (AvgIpc) is 2.44. The number of hydrogen-bond acceptors (Lipinski definition) is 3. The summed E-state index contributed by atoms with van der Waals surface area (Å²) >= 11 is 0. The summed E-state index contributed by atoms with van der Waals surface area (Å²) in [5.74, 6) is 1.00. The second kappa shape index (κ2) is 25.3. The molecule has 0 aromatic heterocycles. The molecule has 0 spiro atoms. The molecule has 6 heteroatoms. The van der Waals surface area contributed by atoms with Gasteiger partial charge >= 0.3 is 0 Å². The lowest BCUT2D eigenvalue weighted by Crippen LogP contribution is -2.04. The first-order chi connectivity index (χ1) is 41.3. The minimum atomic E-state index is -0.334. The van der Waals surface area contributed by atoms with Crippen molar-refractivity contribution in [2.45, 2.75) is 39.6 Å². The Kier molecular flexibility index (Phi) is 16.4. The summed E-state index contributed by atoms with van der Waals surface area (Å²) in [5, 5.41) is 0. The van der Waals surface area contributed by atoms with Crippen LogP contribution in [0, 0.1) is 24.4 Å². The van der Waals surface area contributed by atoms with E-state index in [4.69, 9.17) is 14.2 Å². The van der Waals surface area contributed by atoms with Gasteiger partial charge in [0.05, 0.1) is 0 Å². The van der Waals surface area contributed by atoms with Crippen molar-refractivity contribution in [1.82, 2.24) is 0 Å². The molecule has 410 valence electrons. The van der Waals surface area contributed by atoms with E-state index in [2.05, 4.69) is 116 Å². The predicted molar refractivity (Wildman–Crippen MR) is 334 cm³/mol. The Morgan fingerprint density at radius 3 is 1.44 bits per heavy atom. The summed E-state index contributed by atoms with van der Waals surface area (Å²) in [4.78, 5) is 0. The molecule has 0 saturated heterocycles. The van der Waals surface area contributed by atoms with Gasteiger partial charge in [0, 0.05) is 34.2 Å². The van der Waals surface area contributed by atoms with E-state index in [9.17, 15) is 4.39 Å². The van der Waals surface area contributed by atoms with Crippen LogP contribution in [0.5, 0.6) is 17.2 Å². The number of ether oxygens (including phenoxy) is 3. The van der Waals surface area contributed by atoms with Gasteiger partial charge in [-0.3, -0.25) is 0 Å². The number of aryl methyl sites for hydroxylation is 1. The molecule has 0 aliphatic carbocycles. The zero-order chi connectivity index (χ0) is 57.2. The topological polar surface area (TPSA) is 27.7 Å². The fourth-order valence-corrected chi connectivity index (χ4v) is 11.1. The van der Waals surface area contributed by atoms with Gasteiger partial charge in [-0.1, -0.05) is 224 Å². The third kappa shape index (κ3) is 12.3. The van der Waals surface area contributed by atoms with E-state index >= 15 is 8.78 Å². The second-order valence-corrected chi connectivity index (χ2v) is 21.0. The van der Waals surface area contributed by atoms with E-state index in [1.807, 2.05) is 115 Å². The van der Waals surface area contributed by atoms with Gasteiger partial charge in [-0.25, -0.2) is 13.2 Å². The number of benzene rings is 12. The van der Waals surface area contributed by atoms with Gasteiger partial charge in [-0.15, -0.1) is 0 Å². The summed E-state index contributed by atoms with van der Waals surface area (Å²) < 4.78 is 66.5. The molecule has 0 bridgehead atoms. The van der Waals surface area contributed by atoms with Crippen molar-refractivity contribution in [3.05, 3.63) is 341 Å². The molecule has 0 radical (unpaired) electrons. The number of halogens is 3. The van der Waals surface area contributed by atoms with Gasteiger partial charge < -0.3 is 14.2 Å². The summed E-state index contributed by atoms with van der Waals surface area (Å²) in [6.07, 6.45) is 0.979. The molecule has 0 aliphatic rings. The Morgan fingerprint density at radius 1 is 0.274 bits per heavy atom. The van der Waals surface area contributed by atoms with Crippen molar-refractivity contribution in [3.8, 4) is 84.0 Å². The minimum Gasteiger partial charge on any atom is -0.489 e. The van der Waals surface area contributed by atoms with Crippen LogP contribution < -0.4 is 14.2 Å². The molecule has 0 aliphatic heterocycles. The highest BCUT2D eigenvalue weighted by Crippen LogP contribution is 2.53. The molecule has 3 nitrogen and oxygen atoms in total. The van der Waals surface area contributed by atoms with Crippen LogP contribution in [0.15, 0.2) is 279 Å². The van der Waals surface area contributed by atoms with E-state index in [1.54, 1.807) is 36.4 Å². The molecule has 12 aromatic carbocycles. The Morgan fingerprint density at radius 2 is 0.774 bits per heavy atom. The van der Waals surface area contributed by atoms with Crippen LogP contribution in [-0.2, 0) is 32.7 Å². The molecule has 0 heterocycles. The lowest BCUT2D eigenvalue weighted by molar-refractivity contribution is 0.300. The molecule has 0 fully saturated rings. The van der Waals surface area contributed by atoms with Gasteiger partial charge in [0.1, 0.15) is 54.5 Å². The van der Waals surface area contributed by atoms with Crippen LogP contribution in [0.2, 0.25) is 0 Å². The summed E-state index contributed by atoms with van der Waals surface area (Å²) in [5.41, 5.74) is 17.4. The van der Waals surface area contributed by atoms with Gasteiger partial charge in [-0.05, 0) is 151 Å². The predicted octanol–water partition coefficient (Wildman–Crippen LogP) is 20.3. The molecule has 84 heavy (non-hydrogen) atoms. The Hall–Kier alpha value is -10.2. The maximum Gasteiger partial charge on any atom is 0.136 e. The van der Waals surface area contributed by atoms with Crippen molar-refractivity contribution < 1.29 is 27.4 Å². The number of hydrogen-bond donors (Lipinski definition) is 0. The fraction of sp³-hybridized carbons (Fsp3) is 0.0769. The SMILES string of the molecule is Cc1ccccc1Cc1cccc(-c2cc(-c3ccc(OCc4ccccc4)cc3)c(OCc3ccccc3)c(-c3cccc(-c4ccccc4F)c3)c2-c2cccc(Cc3ccccc3F)c2)c1-c1ccc(OCc2ccccc2F)cc1. The van der Waals surface area contributed by atoms with Crippen LogP contribution in [-0.4, -0.2) is 0 Å². The molecule has 0 saturated carbocycles. The van der Waals surface area contributed by atoms with Crippen molar-refractivity contribution >= 4 is 0 Å². The van der Waals surface area contributed by atoms with Crippen LogP contribution in [0.4, 0.5) is 13.2 Å². The first-order valence-electron chi connectivity index (χ1n) is 28.3. The Labute approximate surface area is 489 Å². The molecule has 0 N–H and O–H groups in total. The summed E-state index contributed by atoms with van der Waals surface area (Å²) in [7, 11) is 0. The van der Waals surface area contributed by atoms with Gasteiger partial charge in [0.15, 0.2) is 0 Å². The lowest BCUT2D eigenvalue weighted by Gasteiger charge is -2.26. The second-order valence-electron chi connectivity index (χ2n) is 21.0. The van der Waals surface area contributed by atoms with E-state index < -0.39 is 0 Å². The summed E-state index contributed by atoms with van der Waals surface area (Å²) in [6.45, 7) is 2.86. The molecular formula is C78H59F3O3. The normalized spacial score (nSPS) is 11.1. The molecule has 0 amide bonds. The van der Waals surface area contributed by atoms with E-state index in [0.717, 1.165) is 77.9 Å². The quantitative estimate of drug-likeness (QED) is 0.0808. The zero-order valence-corrected chi connectivity index (χ0v) is 46.5. The minimum absolute atomic E-state index is 0.0724. The van der Waals surface area contributed by atoms with Crippen LogP contribution in [0.25, 0.3) is 66.8 Å². The standard InChI is InChI=1S/C78H59F3O3/c1-53-19-8-9-25-59(53)47-63-31-18-33-69(75(63)58-39-43-67(44-40-58)83-52-65-27-11-14-35-73(65)80)71-49-70(57-37-41-66(42-38-57)82-50-54-20-4-2-5-21-54)78(84-51-55-22-6-3-7-23-55)77(64-30-17-28-60(48-64)68-32-12-15-36-74(68)81)76(71)62-29-16-24-56(46-62)45-61-26-10-13-34-72(61)79/h2-44,46,48-49H,45,47,50-52H2,1H3. The van der Waals surface area contributed by atoms with Crippen molar-refractivity contribution in [2.75, 3.05) is 0 Å². The Bertz CT molecular complexity index is 4230. The van der Waals surface area contributed by atoms with E-state index in [0.29, 0.717) is 59.0 Å². The van der Waals surface area contributed by atoms with Crippen LogP contribution in [0.1, 0.15) is 44.5 Å². The van der Waals surface area contributed by atoms with Gasteiger partial charge in [-0.2, -0.15) is 0 Å². The van der Waals surface area contributed by atoms with E-state index in [1.165, 1.54) is 29.3 Å². The summed E-state index contributed by atoms with van der Waals surface area (Å²) in [6, 6.07) is 90.5. The fourth-order valence-electron chi connectivity index (χ4n) is 11.1. The van der Waals surface area contributed by atoms with Crippen molar-refractivity contribution in [1.29, 1.82) is 0 Å². The highest BCUT2D eigenvalue weighted by Gasteiger charge is 2.28. The molecule has 0 unspecified atom stereocenters.